The Morgan fingerprint density at radius 3 is 2.90 bits per heavy atom. The van der Waals surface area contributed by atoms with Crippen LogP contribution in [0.2, 0.25) is 0 Å². The first kappa shape index (κ1) is 15.6. The smallest absolute Gasteiger partial charge is 0.307 e. The number of hydrogen-bond donors (Lipinski definition) is 0. The zero-order valence-electron chi connectivity index (χ0n) is 12.3. The maximum Gasteiger partial charge on any atom is 0.307 e. The quantitative estimate of drug-likeness (QED) is 0.582. The number of aryl methyl sites for hydroxylation is 1. The summed E-state index contributed by atoms with van der Waals surface area (Å²) in [6.45, 7) is 3.19. The van der Waals surface area contributed by atoms with Gasteiger partial charge in [0, 0.05) is 6.54 Å². The molecular formula is C15H19ClN2O3. The Hall–Kier alpha value is -1.75. The third-order valence-corrected chi connectivity index (χ3v) is 3.41. The first-order valence-electron chi connectivity index (χ1n) is 6.95. The molecule has 0 fully saturated rings. The van der Waals surface area contributed by atoms with E-state index in [1.54, 1.807) is 0 Å². The van der Waals surface area contributed by atoms with Crippen LogP contribution >= 0.6 is 11.6 Å². The molecule has 1 heterocycles. The van der Waals surface area contributed by atoms with E-state index in [-0.39, 0.29) is 18.3 Å². The van der Waals surface area contributed by atoms with E-state index in [9.17, 15) is 4.79 Å². The van der Waals surface area contributed by atoms with Crippen molar-refractivity contribution >= 4 is 28.6 Å². The van der Waals surface area contributed by atoms with Crippen molar-refractivity contribution in [2.75, 3.05) is 13.7 Å². The Kier molecular flexibility index (Phi) is 5.44. The Labute approximate surface area is 128 Å². The molecule has 5 nitrogen and oxygen atoms in total. The van der Waals surface area contributed by atoms with Crippen LogP contribution in [0.3, 0.4) is 0 Å². The van der Waals surface area contributed by atoms with Gasteiger partial charge in [0.05, 0.1) is 31.5 Å². The molecule has 1 aromatic carbocycles. The monoisotopic (exact) mass is 310 g/mol. The fourth-order valence-electron chi connectivity index (χ4n) is 2.15. The first-order valence-corrected chi connectivity index (χ1v) is 7.48. The van der Waals surface area contributed by atoms with Crippen LogP contribution in [0.15, 0.2) is 18.2 Å². The molecule has 6 heteroatoms. The predicted octanol–water partition coefficient (Wildman–Crippen LogP) is 3.13. The minimum absolute atomic E-state index is 0.254. The SMILES string of the molecule is CCCOc1cccc2c1nc(CCl)n2CCC(=O)OC. The fraction of sp³-hybridized carbons (Fsp3) is 0.467. The van der Waals surface area contributed by atoms with Gasteiger partial charge in [0.1, 0.15) is 17.1 Å². The number of carbonyl (C=O) groups excluding carboxylic acids is 1. The van der Waals surface area contributed by atoms with E-state index in [1.807, 2.05) is 22.8 Å². The van der Waals surface area contributed by atoms with Gasteiger partial charge in [-0.05, 0) is 18.6 Å². The van der Waals surface area contributed by atoms with Crippen LogP contribution in [-0.4, -0.2) is 29.2 Å². The number of benzene rings is 1. The zero-order chi connectivity index (χ0) is 15.2. The van der Waals surface area contributed by atoms with Gasteiger partial charge >= 0.3 is 5.97 Å². The molecule has 0 aliphatic carbocycles. The lowest BCUT2D eigenvalue weighted by Crippen LogP contribution is -2.09. The van der Waals surface area contributed by atoms with E-state index in [4.69, 9.17) is 16.3 Å². The molecule has 0 saturated heterocycles. The Bertz CT molecular complexity index is 625. The summed E-state index contributed by atoms with van der Waals surface area (Å²) in [5, 5.41) is 0. The number of para-hydroxylation sites is 1. The van der Waals surface area contributed by atoms with Gasteiger partial charge in [-0.25, -0.2) is 4.98 Å². The summed E-state index contributed by atoms with van der Waals surface area (Å²) in [6, 6.07) is 5.77. The maximum absolute atomic E-state index is 11.3. The average molecular weight is 311 g/mol. The first-order chi connectivity index (χ1) is 10.2. The molecule has 0 bridgehead atoms. The standard InChI is InChI=1S/C15H19ClN2O3/c1-3-9-21-12-6-4-5-11-15(12)17-13(10-16)18(11)8-7-14(19)20-2/h4-6H,3,7-10H2,1-2H3. The number of nitrogens with zero attached hydrogens (tertiary/aromatic N) is 2. The molecule has 2 rings (SSSR count). The number of imidazole rings is 1. The maximum atomic E-state index is 11.3. The van der Waals surface area contributed by atoms with E-state index in [0.717, 1.165) is 29.0 Å². The molecule has 0 spiro atoms. The normalized spacial score (nSPS) is 10.8. The van der Waals surface area contributed by atoms with Gasteiger partial charge in [0.25, 0.3) is 0 Å². The highest BCUT2D eigenvalue weighted by Gasteiger charge is 2.14. The van der Waals surface area contributed by atoms with Crippen LogP contribution in [0.5, 0.6) is 5.75 Å². The molecule has 0 unspecified atom stereocenters. The molecule has 114 valence electrons. The van der Waals surface area contributed by atoms with Crippen molar-refractivity contribution in [1.29, 1.82) is 0 Å². The summed E-state index contributed by atoms with van der Waals surface area (Å²) in [6.07, 6.45) is 1.22. The number of ether oxygens (including phenoxy) is 2. The van der Waals surface area contributed by atoms with Crippen molar-refractivity contribution in [2.45, 2.75) is 32.2 Å². The Morgan fingerprint density at radius 1 is 1.43 bits per heavy atom. The molecule has 0 radical (unpaired) electrons. The van der Waals surface area contributed by atoms with Gasteiger partial charge in [-0.2, -0.15) is 0 Å². The molecular weight excluding hydrogens is 292 g/mol. The fourth-order valence-corrected chi connectivity index (χ4v) is 2.36. The third kappa shape index (κ3) is 3.47. The summed E-state index contributed by atoms with van der Waals surface area (Å²) in [5.41, 5.74) is 1.70. The highest BCUT2D eigenvalue weighted by atomic mass is 35.5. The van der Waals surface area contributed by atoms with E-state index >= 15 is 0 Å². The van der Waals surface area contributed by atoms with E-state index in [2.05, 4.69) is 16.6 Å². The van der Waals surface area contributed by atoms with Gasteiger partial charge in [-0.15, -0.1) is 11.6 Å². The lowest BCUT2D eigenvalue weighted by atomic mass is 10.3. The number of methoxy groups -OCH3 is 1. The average Bonchev–Trinajstić information content (AvgIpc) is 2.88. The minimum Gasteiger partial charge on any atom is -0.491 e. The van der Waals surface area contributed by atoms with Crippen LogP contribution in [0.25, 0.3) is 11.0 Å². The van der Waals surface area contributed by atoms with Gasteiger partial charge < -0.3 is 14.0 Å². The number of halogens is 1. The second-order valence-corrected chi connectivity index (χ2v) is 4.88. The molecule has 0 atom stereocenters. The molecule has 2 aromatic rings. The summed E-state index contributed by atoms with van der Waals surface area (Å²) >= 11 is 5.97. The Morgan fingerprint density at radius 2 is 2.24 bits per heavy atom. The molecule has 0 aliphatic heterocycles. The van der Waals surface area contributed by atoms with E-state index in [0.29, 0.717) is 13.2 Å². The number of hydrogen-bond acceptors (Lipinski definition) is 4. The second kappa shape index (κ2) is 7.31. The molecule has 0 saturated carbocycles. The number of rotatable bonds is 7. The largest absolute Gasteiger partial charge is 0.491 e. The van der Waals surface area contributed by atoms with Crippen molar-refractivity contribution in [1.82, 2.24) is 9.55 Å². The van der Waals surface area contributed by atoms with Crippen molar-refractivity contribution < 1.29 is 14.3 Å². The summed E-state index contributed by atoms with van der Waals surface area (Å²) in [5.74, 6) is 1.50. The van der Waals surface area contributed by atoms with Gasteiger partial charge in [0.15, 0.2) is 0 Å². The van der Waals surface area contributed by atoms with Crippen molar-refractivity contribution in [3.8, 4) is 5.75 Å². The van der Waals surface area contributed by atoms with Crippen LogP contribution in [0.4, 0.5) is 0 Å². The van der Waals surface area contributed by atoms with Crippen LogP contribution in [0, 0.1) is 0 Å². The summed E-state index contributed by atoms with van der Waals surface area (Å²) in [7, 11) is 1.38. The topological polar surface area (TPSA) is 53.4 Å². The highest BCUT2D eigenvalue weighted by Crippen LogP contribution is 2.27. The predicted molar refractivity (Wildman–Crippen MR) is 81.7 cm³/mol. The van der Waals surface area contributed by atoms with Crippen molar-refractivity contribution in [3.63, 3.8) is 0 Å². The lowest BCUT2D eigenvalue weighted by molar-refractivity contribution is -0.140. The van der Waals surface area contributed by atoms with Gasteiger partial charge in [0.2, 0.25) is 0 Å². The minimum atomic E-state index is -0.254. The van der Waals surface area contributed by atoms with Crippen LogP contribution in [-0.2, 0) is 22.0 Å². The third-order valence-electron chi connectivity index (χ3n) is 3.17. The van der Waals surface area contributed by atoms with Gasteiger partial charge in [-0.1, -0.05) is 13.0 Å². The molecule has 1 aromatic heterocycles. The number of esters is 1. The van der Waals surface area contributed by atoms with Crippen LogP contribution in [0.1, 0.15) is 25.6 Å². The molecule has 0 amide bonds. The summed E-state index contributed by atoms with van der Waals surface area (Å²) in [4.78, 5) is 15.9. The summed E-state index contributed by atoms with van der Waals surface area (Å²) < 4.78 is 12.3. The van der Waals surface area contributed by atoms with Crippen molar-refractivity contribution in [3.05, 3.63) is 24.0 Å². The van der Waals surface area contributed by atoms with Crippen molar-refractivity contribution in [2.24, 2.45) is 0 Å². The van der Waals surface area contributed by atoms with E-state index < -0.39 is 0 Å². The van der Waals surface area contributed by atoms with E-state index in [1.165, 1.54) is 7.11 Å². The molecule has 21 heavy (non-hydrogen) atoms. The number of fused-ring (bicyclic) bond motifs is 1. The van der Waals surface area contributed by atoms with Crippen LogP contribution < -0.4 is 4.74 Å². The van der Waals surface area contributed by atoms with Gasteiger partial charge in [-0.3, -0.25) is 4.79 Å². The zero-order valence-corrected chi connectivity index (χ0v) is 13.0. The second-order valence-electron chi connectivity index (χ2n) is 4.61. The molecule has 0 aliphatic rings. The number of aromatic nitrogens is 2. The lowest BCUT2D eigenvalue weighted by Gasteiger charge is -2.08. The number of alkyl halides is 1. The number of carbonyl (C=O) groups is 1. The highest BCUT2D eigenvalue weighted by molar-refractivity contribution is 6.16. The Balaban J connectivity index is 2.37. The molecule has 0 N–H and O–H groups in total.